The van der Waals surface area contributed by atoms with Gasteiger partial charge in [0.15, 0.2) is 26.8 Å². The molecule has 3 aliphatic rings. The van der Waals surface area contributed by atoms with Gasteiger partial charge < -0.3 is 20.3 Å². The van der Waals surface area contributed by atoms with Crippen LogP contribution in [0.2, 0.25) is 0 Å². The van der Waals surface area contributed by atoms with Gasteiger partial charge in [-0.2, -0.15) is 10.4 Å². The van der Waals surface area contributed by atoms with Crippen molar-refractivity contribution in [1.82, 2.24) is 20.2 Å². The largest absolute Gasteiger partial charge is 0.376 e. The van der Waals surface area contributed by atoms with Gasteiger partial charge in [0.25, 0.3) is 0 Å². The second-order valence-corrected chi connectivity index (χ2v) is 12.4. The minimum absolute atomic E-state index is 0.0342. The number of ether oxygens (including phenoxy) is 1. The van der Waals surface area contributed by atoms with Crippen molar-refractivity contribution in [3.8, 4) is 6.07 Å². The Bertz CT molecular complexity index is 1520. The molecule has 5 heterocycles. The van der Waals surface area contributed by atoms with E-state index in [1.54, 1.807) is 18.3 Å². The number of piperidine rings is 1. The van der Waals surface area contributed by atoms with E-state index >= 15 is 0 Å². The van der Waals surface area contributed by atoms with Crippen molar-refractivity contribution in [2.45, 2.75) is 49.6 Å². The number of aromatic amines is 1. The Morgan fingerprint density at radius 1 is 1.27 bits per heavy atom. The second-order valence-electron chi connectivity index (χ2n) is 10.4. The molecule has 3 aliphatic heterocycles. The van der Waals surface area contributed by atoms with Crippen LogP contribution in [0.1, 0.15) is 37.3 Å². The molecule has 6 rings (SSSR count). The van der Waals surface area contributed by atoms with Gasteiger partial charge in [0.05, 0.1) is 29.4 Å². The summed E-state index contributed by atoms with van der Waals surface area (Å²) in [6, 6.07) is 5.45. The number of sulfone groups is 1. The number of nitriles is 1. The van der Waals surface area contributed by atoms with E-state index in [-0.39, 0.29) is 28.0 Å². The first-order valence-electron chi connectivity index (χ1n) is 12.6. The third-order valence-electron chi connectivity index (χ3n) is 8.25. The highest BCUT2D eigenvalue weighted by Crippen LogP contribution is 2.42. The first kappa shape index (κ1) is 24.1. The molecule has 0 bridgehead atoms. The van der Waals surface area contributed by atoms with E-state index in [0.29, 0.717) is 42.1 Å². The number of hydrogen-bond acceptors (Lipinski definition) is 10. The minimum Gasteiger partial charge on any atom is -0.376 e. The molecule has 11 nitrogen and oxygen atoms in total. The normalized spacial score (nSPS) is 23.4. The highest BCUT2D eigenvalue weighted by atomic mass is 32.2. The number of fused-ring (bicyclic) bond motifs is 2. The third kappa shape index (κ3) is 3.84. The predicted octanol–water partition coefficient (Wildman–Crippen LogP) is 2.04. The summed E-state index contributed by atoms with van der Waals surface area (Å²) in [5.74, 6) is 1.38. The minimum atomic E-state index is -3.58. The number of nitrogens with zero attached hydrogens (tertiary/aromatic N) is 6. The third-order valence-corrected chi connectivity index (χ3v) is 9.46. The average Bonchev–Trinajstić information content (AvgIpc) is 3.44. The topological polar surface area (TPSA) is 154 Å². The zero-order valence-electron chi connectivity index (χ0n) is 20.9. The van der Waals surface area contributed by atoms with Crippen molar-refractivity contribution in [2.75, 3.05) is 42.3 Å². The van der Waals surface area contributed by atoms with E-state index in [0.717, 1.165) is 50.1 Å². The molecular weight excluding hydrogens is 492 g/mol. The summed E-state index contributed by atoms with van der Waals surface area (Å²) < 4.78 is 31.0. The zero-order valence-corrected chi connectivity index (χ0v) is 21.8. The summed E-state index contributed by atoms with van der Waals surface area (Å²) in [5, 5.41) is 17.1. The maximum atomic E-state index is 12.6. The van der Waals surface area contributed by atoms with Crippen LogP contribution in [0.15, 0.2) is 23.2 Å². The lowest BCUT2D eigenvalue weighted by Gasteiger charge is -2.41. The predicted molar refractivity (Wildman–Crippen MR) is 139 cm³/mol. The Balaban J connectivity index is 1.30. The lowest BCUT2D eigenvalue weighted by molar-refractivity contribution is 0.0974. The number of rotatable bonds is 3. The van der Waals surface area contributed by atoms with Gasteiger partial charge in [-0.3, -0.25) is 5.10 Å². The van der Waals surface area contributed by atoms with E-state index in [2.05, 4.69) is 15.1 Å². The van der Waals surface area contributed by atoms with Crippen LogP contribution in [-0.2, 0) is 21.0 Å². The lowest BCUT2D eigenvalue weighted by Crippen LogP contribution is -2.50. The lowest BCUT2D eigenvalue weighted by atomic mass is 9.73. The average molecular weight is 523 g/mol. The van der Waals surface area contributed by atoms with Gasteiger partial charge in [-0.05, 0) is 50.3 Å². The van der Waals surface area contributed by atoms with E-state index in [1.165, 1.54) is 0 Å². The molecule has 0 saturated carbocycles. The number of benzene rings is 1. The Morgan fingerprint density at radius 2 is 2.05 bits per heavy atom. The van der Waals surface area contributed by atoms with E-state index in [9.17, 15) is 13.7 Å². The Labute approximate surface area is 215 Å². The van der Waals surface area contributed by atoms with Crippen molar-refractivity contribution < 1.29 is 13.2 Å². The highest BCUT2D eigenvalue weighted by Gasteiger charge is 2.47. The van der Waals surface area contributed by atoms with Crippen LogP contribution in [0, 0.1) is 16.7 Å². The van der Waals surface area contributed by atoms with Crippen LogP contribution in [0.5, 0.6) is 0 Å². The highest BCUT2D eigenvalue weighted by molar-refractivity contribution is 7.90. The molecule has 1 spiro atoms. The number of aromatic nitrogens is 4. The fraction of sp³-hybridized carbons (Fsp3) is 0.520. The van der Waals surface area contributed by atoms with Gasteiger partial charge in [-0.25, -0.2) is 18.4 Å². The summed E-state index contributed by atoms with van der Waals surface area (Å²) >= 11 is 0. The number of anilines is 3. The molecule has 2 fully saturated rings. The molecule has 3 aromatic rings. The summed E-state index contributed by atoms with van der Waals surface area (Å²) in [6.45, 7) is 5.08. The van der Waals surface area contributed by atoms with E-state index < -0.39 is 9.84 Å². The van der Waals surface area contributed by atoms with Crippen LogP contribution < -0.4 is 15.5 Å². The van der Waals surface area contributed by atoms with Gasteiger partial charge in [-0.1, -0.05) is 0 Å². The molecular formula is C25H30N8O3S. The van der Waals surface area contributed by atoms with Crippen molar-refractivity contribution in [3.63, 3.8) is 0 Å². The second kappa shape index (κ2) is 8.65. The van der Waals surface area contributed by atoms with Crippen molar-refractivity contribution in [3.05, 3.63) is 29.5 Å². The Morgan fingerprint density at radius 3 is 2.73 bits per heavy atom. The van der Waals surface area contributed by atoms with E-state index in [1.807, 2.05) is 17.9 Å². The SMILES string of the molecule is C[C@@H]1OCC2(CCN(c3cnc4c(N5CCCc6c5ccc(C#N)c6S(C)(=O)=O)n[nH]c4n3)CC2)[C@@H]1N. The van der Waals surface area contributed by atoms with E-state index in [4.69, 9.17) is 20.4 Å². The fourth-order valence-electron chi connectivity index (χ4n) is 6.15. The molecule has 0 radical (unpaired) electrons. The first-order chi connectivity index (χ1) is 17.7. The van der Waals surface area contributed by atoms with Gasteiger partial charge in [-0.15, -0.1) is 0 Å². The van der Waals surface area contributed by atoms with Crippen LogP contribution >= 0.6 is 0 Å². The molecule has 1 aromatic carbocycles. The number of nitrogens with one attached hydrogen (secondary N) is 1. The monoisotopic (exact) mass is 522 g/mol. The zero-order chi connectivity index (χ0) is 25.9. The van der Waals surface area contributed by atoms with Gasteiger partial charge in [0.1, 0.15) is 11.9 Å². The maximum Gasteiger partial charge on any atom is 0.183 e. The smallest absolute Gasteiger partial charge is 0.183 e. The van der Waals surface area contributed by atoms with Gasteiger partial charge in [0, 0.05) is 43.0 Å². The molecule has 37 heavy (non-hydrogen) atoms. The molecule has 194 valence electrons. The van der Waals surface area contributed by atoms with Gasteiger partial charge in [0.2, 0.25) is 0 Å². The molecule has 2 atom stereocenters. The van der Waals surface area contributed by atoms with Crippen molar-refractivity contribution >= 4 is 38.3 Å². The molecule has 3 N–H and O–H groups in total. The maximum absolute atomic E-state index is 12.6. The molecule has 0 aliphatic carbocycles. The van der Waals surface area contributed by atoms with Crippen LogP contribution in [0.25, 0.3) is 11.2 Å². The molecule has 12 heteroatoms. The molecule has 2 saturated heterocycles. The Kier molecular flexibility index (Phi) is 5.63. The number of H-pyrrole nitrogens is 1. The number of nitrogens with two attached hydrogens (primary N) is 1. The Hall–Kier alpha value is -3.27. The molecule has 0 amide bonds. The summed E-state index contributed by atoms with van der Waals surface area (Å²) in [5.41, 5.74) is 9.25. The van der Waals surface area contributed by atoms with Crippen LogP contribution in [0.4, 0.5) is 17.3 Å². The standard InChI is InChI=1S/C25H30N8O3S/c1-15-22(27)25(14-36-15)7-10-32(11-8-25)19-13-28-20-23(29-19)30-31-24(20)33-9-3-4-17-18(33)6-5-16(12-26)21(17)37(2,34)35/h5-6,13,15,22H,3-4,7-11,14,27H2,1-2H3,(H,29,30,31)/t15-,22+/m0/s1. The first-order valence-corrected chi connectivity index (χ1v) is 14.5. The van der Waals surface area contributed by atoms with Crippen molar-refractivity contribution in [2.24, 2.45) is 11.1 Å². The summed E-state index contributed by atoms with van der Waals surface area (Å²) in [4.78, 5) is 13.8. The summed E-state index contributed by atoms with van der Waals surface area (Å²) in [6.07, 6.45) is 6.21. The molecule has 2 aromatic heterocycles. The van der Waals surface area contributed by atoms with Gasteiger partial charge >= 0.3 is 0 Å². The van der Waals surface area contributed by atoms with Crippen molar-refractivity contribution in [1.29, 1.82) is 5.26 Å². The van der Waals surface area contributed by atoms with Crippen LogP contribution in [0.3, 0.4) is 0 Å². The molecule has 0 unspecified atom stereocenters. The summed E-state index contributed by atoms with van der Waals surface area (Å²) in [7, 11) is -3.58. The van der Waals surface area contributed by atoms with Crippen LogP contribution in [-0.4, -0.2) is 73.2 Å². The number of hydrogen-bond donors (Lipinski definition) is 2. The quantitative estimate of drug-likeness (QED) is 0.522. The fourth-order valence-corrected chi connectivity index (χ4v) is 7.32.